The van der Waals surface area contributed by atoms with Crippen LogP contribution in [0.25, 0.3) is 0 Å². The van der Waals surface area contributed by atoms with Crippen LogP contribution in [0, 0.1) is 5.92 Å². The van der Waals surface area contributed by atoms with Crippen LogP contribution < -0.4 is 10.6 Å². The van der Waals surface area contributed by atoms with Crippen LogP contribution in [-0.4, -0.2) is 29.7 Å². The molecular weight excluding hydrogens is 332 g/mol. The number of halogens is 1. The maximum atomic E-state index is 11.9. The average molecular weight is 355 g/mol. The summed E-state index contributed by atoms with van der Waals surface area (Å²) in [4.78, 5) is 11.9. The summed E-state index contributed by atoms with van der Waals surface area (Å²) in [6, 6.07) is 7.50. The molecule has 1 aliphatic rings. The van der Waals surface area contributed by atoms with Crippen LogP contribution >= 0.6 is 15.9 Å². The van der Waals surface area contributed by atoms with E-state index in [4.69, 9.17) is 0 Å². The molecule has 1 aromatic rings. The number of carbonyl (C=O) groups is 1. The van der Waals surface area contributed by atoms with Crippen molar-refractivity contribution in [2.24, 2.45) is 5.92 Å². The van der Waals surface area contributed by atoms with Gasteiger partial charge in [0.2, 0.25) is 5.91 Å². The van der Waals surface area contributed by atoms with Gasteiger partial charge in [-0.2, -0.15) is 0 Å². The Kier molecular flexibility index (Phi) is 5.79. The number of hydrogen-bond donors (Lipinski definition) is 3. The first kappa shape index (κ1) is 16.5. The number of nitrogens with one attached hydrogen (secondary N) is 2. The van der Waals surface area contributed by atoms with E-state index in [0.717, 1.165) is 35.8 Å². The summed E-state index contributed by atoms with van der Waals surface area (Å²) in [7, 11) is 0. The van der Waals surface area contributed by atoms with E-state index in [2.05, 4.69) is 33.5 Å². The molecule has 1 amide bonds. The predicted molar refractivity (Wildman–Crippen MR) is 88.2 cm³/mol. The quantitative estimate of drug-likeness (QED) is 0.761. The fraction of sp³-hybridized carbons (Fsp3) is 0.562. The van der Waals surface area contributed by atoms with Crippen LogP contribution in [0.5, 0.6) is 0 Å². The number of anilines is 1. The second-order valence-electron chi connectivity index (χ2n) is 6.04. The molecule has 1 fully saturated rings. The lowest BCUT2D eigenvalue weighted by Crippen LogP contribution is -2.45. The van der Waals surface area contributed by atoms with Crippen LogP contribution in [0.1, 0.15) is 32.6 Å². The molecule has 0 unspecified atom stereocenters. The molecule has 116 valence electrons. The zero-order valence-electron chi connectivity index (χ0n) is 12.4. The zero-order valence-corrected chi connectivity index (χ0v) is 13.9. The lowest BCUT2D eigenvalue weighted by molar-refractivity contribution is -0.115. The van der Waals surface area contributed by atoms with E-state index in [1.165, 1.54) is 0 Å². The molecule has 1 aliphatic carbocycles. The molecule has 0 aromatic heterocycles. The van der Waals surface area contributed by atoms with Crippen molar-refractivity contribution in [2.75, 3.05) is 18.4 Å². The smallest absolute Gasteiger partial charge is 0.238 e. The molecule has 4 nitrogen and oxygen atoms in total. The Morgan fingerprint density at radius 2 is 2.05 bits per heavy atom. The van der Waals surface area contributed by atoms with Crippen molar-refractivity contribution in [2.45, 2.75) is 38.2 Å². The van der Waals surface area contributed by atoms with E-state index in [9.17, 15) is 9.90 Å². The number of hydrogen-bond acceptors (Lipinski definition) is 3. The van der Waals surface area contributed by atoms with Gasteiger partial charge in [-0.15, -0.1) is 0 Å². The standard InChI is InChI=1S/C16H23BrN2O2/c1-12-6-8-16(21,9-7-12)11-18-10-15(20)19-14-5-3-2-4-13(14)17/h2-5,12,18,21H,6-11H2,1H3,(H,19,20). The second-order valence-corrected chi connectivity index (χ2v) is 6.89. The van der Waals surface area contributed by atoms with Gasteiger partial charge in [0.15, 0.2) is 0 Å². The van der Waals surface area contributed by atoms with Crippen molar-refractivity contribution in [3.63, 3.8) is 0 Å². The summed E-state index contributed by atoms with van der Waals surface area (Å²) < 4.78 is 0.859. The number of carbonyl (C=O) groups excluding carboxylic acids is 1. The minimum absolute atomic E-state index is 0.102. The van der Waals surface area contributed by atoms with E-state index in [0.29, 0.717) is 12.5 Å². The SMILES string of the molecule is CC1CCC(O)(CNCC(=O)Nc2ccccc2Br)CC1. The topological polar surface area (TPSA) is 61.4 Å². The summed E-state index contributed by atoms with van der Waals surface area (Å²) in [5, 5.41) is 16.3. The predicted octanol–water partition coefficient (Wildman–Crippen LogP) is 2.92. The lowest BCUT2D eigenvalue weighted by atomic mass is 9.79. The second kappa shape index (κ2) is 7.38. The number of rotatable bonds is 5. The zero-order chi connectivity index (χ0) is 15.3. The molecule has 0 spiro atoms. The van der Waals surface area contributed by atoms with E-state index in [-0.39, 0.29) is 12.5 Å². The lowest BCUT2D eigenvalue weighted by Gasteiger charge is -2.35. The summed E-state index contributed by atoms with van der Waals surface area (Å²) in [5.41, 5.74) is 0.106. The van der Waals surface area contributed by atoms with Crippen molar-refractivity contribution in [1.82, 2.24) is 5.32 Å². The molecule has 5 heteroatoms. The third-order valence-corrected chi connectivity index (χ3v) is 4.78. The number of para-hydroxylation sites is 1. The molecule has 0 aliphatic heterocycles. The molecule has 2 rings (SSSR count). The van der Waals surface area contributed by atoms with Gasteiger partial charge in [0.25, 0.3) is 0 Å². The first-order valence-electron chi connectivity index (χ1n) is 7.46. The van der Waals surface area contributed by atoms with Gasteiger partial charge >= 0.3 is 0 Å². The average Bonchev–Trinajstić information content (AvgIpc) is 2.45. The number of amides is 1. The van der Waals surface area contributed by atoms with Gasteiger partial charge in [-0.3, -0.25) is 4.79 Å². The van der Waals surface area contributed by atoms with Crippen LogP contribution in [0.15, 0.2) is 28.7 Å². The maximum absolute atomic E-state index is 11.9. The Hall–Kier alpha value is -0.910. The van der Waals surface area contributed by atoms with Gasteiger partial charge in [-0.25, -0.2) is 0 Å². The minimum Gasteiger partial charge on any atom is -0.389 e. The van der Waals surface area contributed by atoms with Crippen LogP contribution in [0.4, 0.5) is 5.69 Å². The van der Waals surface area contributed by atoms with Gasteiger partial charge in [0.1, 0.15) is 0 Å². The van der Waals surface area contributed by atoms with Crippen molar-refractivity contribution in [1.29, 1.82) is 0 Å². The Labute approximate surface area is 134 Å². The van der Waals surface area contributed by atoms with Crippen molar-refractivity contribution in [3.05, 3.63) is 28.7 Å². The van der Waals surface area contributed by atoms with E-state index in [1.807, 2.05) is 24.3 Å². The number of benzene rings is 1. The normalized spacial score (nSPS) is 25.6. The van der Waals surface area contributed by atoms with Crippen molar-refractivity contribution >= 4 is 27.5 Å². The summed E-state index contributed by atoms with van der Waals surface area (Å²) in [5.74, 6) is 0.596. The van der Waals surface area contributed by atoms with Crippen LogP contribution in [-0.2, 0) is 4.79 Å². The minimum atomic E-state index is -0.653. The first-order chi connectivity index (χ1) is 9.98. The molecule has 0 atom stereocenters. The molecule has 0 saturated heterocycles. The van der Waals surface area contributed by atoms with Gasteiger partial charge in [0.05, 0.1) is 17.8 Å². The molecule has 1 aromatic carbocycles. The Morgan fingerprint density at radius 1 is 1.38 bits per heavy atom. The Balaban J connectivity index is 1.73. The van der Waals surface area contributed by atoms with E-state index in [1.54, 1.807) is 0 Å². The molecule has 21 heavy (non-hydrogen) atoms. The monoisotopic (exact) mass is 354 g/mol. The fourth-order valence-electron chi connectivity index (χ4n) is 2.64. The summed E-state index contributed by atoms with van der Waals surface area (Å²) in [6.07, 6.45) is 3.74. The summed E-state index contributed by atoms with van der Waals surface area (Å²) >= 11 is 3.39. The Bertz CT molecular complexity index is 485. The van der Waals surface area contributed by atoms with E-state index < -0.39 is 5.60 Å². The Morgan fingerprint density at radius 3 is 2.71 bits per heavy atom. The molecule has 3 N–H and O–H groups in total. The van der Waals surface area contributed by atoms with E-state index >= 15 is 0 Å². The largest absolute Gasteiger partial charge is 0.389 e. The highest BCUT2D eigenvalue weighted by atomic mass is 79.9. The van der Waals surface area contributed by atoms with Crippen molar-refractivity contribution < 1.29 is 9.90 Å². The molecule has 0 heterocycles. The van der Waals surface area contributed by atoms with Gasteiger partial charge in [-0.1, -0.05) is 19.1 Å². The highest BCUT2D eigenvalue weighted by Crippen LogP contribution is 2.31. The van der Waals surface area contributed by atoms with Gasteiger partial charge in [-0.05, 0) is 59.7 Å². The maximum Gasteiger partial charge on any atom is 0.238 e. The third-order valence-electron chi connectivity index (χ3n) is 4.09. The fourth-order valence-corrected chi connectivity index (χ4v) is 3.03. The molecule has 0 radical (unpaired) electrons. The summed E-state index contributed by atoms with van der Waals surface area (Å²) in [6.45, 7) is 2.90. The molecule has 0 bridgehead atoms. The molecule has 1 saturated carbocycles. The van der Waals surface area contributed by atoms with Crippen LogP contribution in [0.2, 0.25) is 0 Å². The first-order valence-corrected chi connectivity index (χ1v) is 8.25. The van der Waals surface area contributed by atoms with Crippen LogP contribution in [0.3, 0.4) is 0 Å². The van der Waals surface area contributed by atoms with Crippen molar-refractivity contribution in [3.8, 4) is 0 Å². The highest BCUT2D eigenvalue weighted by molar-refractivity contribution is 9.10. The number of aliphatic hydroxyl groups is 1. The highest BCUT2D eigenvalue weighted by Gasteiger charge is 2.31. The third kappa shape index (κ3) is 5.09. The van der Waals surface area contributed by atoms with Gasteiger partial charge in [0, 0.05) is 11.0 Å². The molecular formula is C16H23BrN2O2. The van der Waals surface area contributed by atoms with Gasteiger partial charge < -0.3 is 15.7 Å².